The van der Waals surface area contributed by atoms with Crippen LogP contribution in [0, 0.1) is 11.8 Å². The fourth-order valence-electron chi connectivity index (χ4n) is 3.45. The molecular weight excluding hydrogens is 234 g/mol. The smallest absolute Gasteiger partial charge is 0.150 e. The average Bonchev–Trinajstić information content (AvgIpc) is 2.56. The van der Waals surface area contributed by atoms with Crippen LogP contribution in [-0.4, -0.2) is 33.0 Å². The molecule has 0 amide bonds. The molecule has 0 aromatic heterocycles. The molecule has 0 aromatic rings. The predicted molar refractivity (Wildman–Crippen MR) is 70.8 cm³/mol. The molecule has 0 aromatic carbocycles. The van der Waals surface area contributed by atoms with Gasteiger partial charge in [-0.3, -0.25) is 0 Å². The Kier molecular flexibility index (Phi) is 4.47. The molecular formula is C13H25NO2S. The van der Waals surface area contributed by atoms with Gasteiger partial charge in [0.1, 0.15) is 9.84 Å². The van der Waals surface area contributed by atoms with Gasteiger partial charge in [-0.05, 0) is 50.6 Å². The third-order valence-corrected chi connectivity index (χ3v) is 6.16. The van der Waals surface area contributed by atoms with Crippen LogP contribution in [0.5, 0.6) is 0 Å². The highest BCUT2D eigenvalue weighted by Gasteiger charge is 2.32. The molecule has 3 unspecified atom stereocenters. The first kappa shape index (κ1) is 13.3. The molecule has 2 fully saturated rings. The Labute approximate surface area is 105 Å². The van der Waals surface area contributed by atoms with Crippen molar-refractivity contribution in [2.75, 3.05) is 19.3 Å². The van der Waals surface area contributed by atoms with Crippen molar-refractivity contribution in [3.05, 3.63) is 0 Å². The van der Waals surface area contributed by atoms with Gasteiger partial charge >= 0.3 is 0 Å². The average molecular weight is 259 g/mol. The minimum Gasteiger partial charge on any atom is -0.316 e. The van der Waals surface area contributed by atoms with E-state index in [-0.39, 0.29) is 5.25 Å². The number of hydrogen-bond acceptors (Lipinski definition) is 3. The summed E-state index contributed by atoms with van der Waals surface area (Å²) in [5.41, 5.74) is 0. The minimum atomic E-state index is -2.83. The summed E-state index contributed by atoms with van der Waals surface area (Å²) in [5, 5.41) is 3.43. The molecule has 1 saturated carbocycles. The van der Waals surface area contributed by atoms with Crippen LogP contribution < -0.4 is 5.32 Å². The van der Waals surface area contributed by atoms with E-state index in [4.69, 9.17) is 0 Å². The Hall–Kier alpha value is -0.0900. The minimum absolute atomic E-state index is 0.0653. The van der Waals surface area contributed by atoms with Crippen LogP contribution in [-0.2, 0) is 9.84 Å². The van der Waals surface area contributed by atoms with Crippen molar-refractivity contribution in [1.29, 1.82) is 0 Å². The zero-order valence-electron chi connectivity index (χ0n) is 10.8. The Morgan fingerprint density at radius 1 is 1.00 bits per heavy atom. The first-order valence-corrected chi connectivity index (χ1v) is 8.92. The second kappa shape index (κ2) is 5.70. The molecule has 3 nitrogen and oxygen atoms in total. The standard InChI is InChI=1S/C13H25NO2S/c1-17(15,16)13-7-4-6-11(9-13)12-5-2-3-8-14-10-12/h11-14H,2-10H2,1H3. The summed E-state index contributed by atoms with van der Waals surface area (Å²) < 4.78 is 23.3. The monoisotopic (exact) mass is 259 g/mol. The Bertz CT molecular complexity index is 331. The van der Waals surface area contributed by atoms with Gasteiger partial charge in [0.2, 0.25) is 0 Å². The maximum absolute atomic E-state index is 11.7. The van der Waals surface area contributed by atoms with E-state index in [2.05, 4.69) is 5.32 Å². The van der Waals surface area contributed by atoms with Crippen LogP contribution in [0.15, 0.2) is 0 Å². The fourth-order valence-corrected chi connectivity index (χ4v) is 4.64. The van der Waals surface area contributed by atoms with Gasteiger partial charge < -0.3 is 5.32 Å². The van der Waals surface area contributed by atoms with Crippen LogP contribution in [0.4, 0.5) is 0 Å². The van der Waals surface area contributed by atoms with Crippen molar-refractivity contribution in [1.82, 2.24) is 5.32 Å². The van der Waals surface area contributed by atoms with E-state index in [0.29, 0.717) is 11.8 Å². The zero-order chi connectivity index (χ0) is 12.3. The van der Waals surface area contributed by atoms with E-state index in [9.17, 15) is 8.42 Å². The van der Waals surface area contributed by atoms with Gasteiger partial charge in [-0.25, -0.2) is 8.42 Å². The summed E-state index contributed by atoms with van der Waals surface area (Å²) >= 11 is 0. The van der Waals surface area contributed by atoms with E-state index in [1.165, 1.54) is 31.9 Å². The molecule has 3 atom stereocenters. The van der Waals surface area contributed by atoms with E-state index in [0.717, 1.165) is 32.4 Å². The summed E-state index contributed by atoms with van der Waals surface area (Å²) in [7, 11) is -2.83. The number of rotatable bonds is 2. The van der Waals surface area contributed by atoms with Crippen LogP contribution in [0.3, 0.4) is 0 Å². The predicted octanol–water partition coefficient (Wildman–Crippen LogP) is 1.98. The summed E-state index contributed by atoms with van der Waals surface area (Å²) in [5.74, 6) is 1.34. The van der Waals surface area contributed by atoms with Crippen LogP contribution >= 0.6 is 0 Å². The van der Waals surface area contributed by atoms with Crippen molar-refractivity contribution in [3.8, 4) is 0 Å². The number of hydrogen-bond donors (Lipinski definition) is 1. The van der Waals surface area contributed by atoms with Gasteiger partial charge in [0.15, 0.2) is 0 Å². The second-order valence-corrected chi connectivity index (χ2v) is 8.16. The normalized spacial score (nSPS) is 36.4. The second-order valence-electron chi connectivity index (χ2n) is 5.84. The highest BCUT2D eigenvalue weighted by molar-refractivity contribution is 7.91. The zero-order valence-corrected chi connectivity index (χ0v) is 11.6. The topological polar surface area (TPSA) is 46.2 Å². The lowest BCUT2D eigenvalue weighted by atomic mass is 9.78. The quantitative estimate of drug-likeness (QED) is 0.825. The fraction of sp³-hybridized carbons (Fsp3) is 1.00. The first-order valence-electron chi connectivity index (χ1n) is 6.97. The van der Waals surface area contributed by atoms with Crippen molar-refractivity contribution < 1.29 is 8.42 Å². The number of nitrogens with one attached hydrogen (secondary N) is 1. The number of sulfone groups is 1. The van der Waals surface area contributed by atoms with Crippen molar-refractivity contribution in [3.63, 3.8) is 0 Å². The molecule has 0 radical (unpaired) electrons. The summed E-state index contributed by atoms with van der Waals surface area (Å²) in [6.07, 6.45) is 9.40. The van der Waals surface area contributed by atoms with E-state index >= 15 is 0 Å². The lowest BCUT2D eigenvalue weighted by Crippen LogP contribution is -2.34. The highest BCUT2D eigenvalue weighted by Crippen LogP contribution is 2.35. The van der Waals surface area contributed by atoms with Gasteiger partial charge in [0.05, 0.1) is 5.25 Å². The summed E-state index contributed by atoms with van der Waals surface area (Å²) in [6, 6.07) is 0. The molecule has 17 heavy (non-hydrogen) atoms. The third-order valence-electron chi connectivity index (χ3n) is 4.52. The molecule has 2 rings (SSSR count). The molecule has 1 N–H and O–H groups in total. The molecule has 1 aliphatic carbocycles. The molecule has 1 saturated heterocycles. The van der Waals surface area contributed by atoms with Crippen molar-refractivity contribution in [2.45, 2.75) is 50.2 Å². The largest absolute Gasteiger partial charge is 0.316 e. The van der Waals surface area contributed by atoms with Crippen LogP contribution in [0.1, 0.15) is 44.9 Å². The highest BCUT2D eigenvalue weighted by atomic mass is 32.2. The van der Waals surface area contributed by atoms with Gasteiger partial charge in [-0.1, -0.05) is 19.3 Å². The molecule has 0 spiro atoms. The SMILES string of the molecule is CS(=O)(=O)C1CCCC(C2CCCCNC2)C1. The van der Waals surface area contributed by atoms with E-state index in [1.807, 2.05) is 0 Å². The first-order chi connectivity index (χ1) is 8.07. The van der Waals surface area contributed by atoms with Gasteiger partial charge in [0, 0.05) is 6.26 Å². The van der Waals surface area contributed by atoms with E-state index < -0.39 is 9.84 Å². The van der Waals surface area contributed by atoms with Gasteiger partial charge in [0.25, 0.3) is 0 Å². The van der Waals surface area contributed by atoms with Crippen LogP contribution in [0.25, 0.3) is 0 Å². The maximum Gasteiger partial charge on any atom is 0.150 e. The maximum atomic E-state index is 11.7. The van der Waals surface area contributed by atoms with Crippen LogP contribution in [0.2, 0.25) is 0 Å². The summed E-state index contributed by atoms with van der Waals surface area (Å²) in [4.78, 5) is 0. The van der Waals surface area contributed by atoms with Crippen molar-refractivity contribution >= 4 is 9.84 Å². The molecule has 1 aliphatic heterocycles. The molecule has 1 heterocycles. The lowest BCUT2D eigenvalue weighted by molar-refractivity contribution is 0.238. The third kappa shape index (κ3) is 3.68. The Morgan fingerprint density at radius 3 is 2.53 bits per heavy atom. The lowest BCUT2D eigenvalue weighted by Gasteiger charge is -2.33. The molecule has 2 aliphatic rings. The Balaban J connectivity index is 1.96. The molecule has 4 heteroatoms. The van der Waals surface area contributed by atoms with Crippen molar-refractivity contribution in [2.24, 2.45) is 11.8 Å². The van der Waals surface area contributed by atoms with Gasteiger partial charge in [-0.2, -0.15) is 0 Å². The summed E-state index contributed by atoms with van der Waals surface area (Å²) in [6.45, 7) is 2.24. The Morgan fingerprint density at radius 2 is 1.76 bits per heavy atom. The molecule has 100 valence electrons. The molecule has 0 bridgehead atoms. The van der Waals surface area contributed by atoms with Gasteiger partial charge in [-0.15, -0.1) is 0 Å². The van der Waals surface area contributed by atoms with E-state index in [1.54, 1.807) is 0 Å².